The first-order valence-electron chi connectivity index (χ1n) is 7.62. The number of rotatable bonds is 8. The molecule has 1 aromatic rings. The highest BCUT2D eigenvalue weighted by molar-refractivity contribution is 5.89. The Labute approximate surface area is 127 Å². The van der Waals surface area contributed by atoms with Crippen LogP contribution in [0.4, 0.5) is 5.69 Å². The van der Waals surface area contributed by atoms with Crippen LogP contribution in [-0.2, 0) is 4.74 Å². The summed E-state index contributed by atoms with van der Waals surface area (Å²) in [7, 11) is 0. The van der Waals surface area contributed by atoms with Gasteiger partial charge in [-0.1, -0.05) is 13.8 Å². The molecule has 4 heteroatoms. The average Bonchev–Trinajstić information content (AvgIpc) is 2.49. The highest BCUT2D eigenvalue weighted by Gasteiger charge is 2.24. The number of anilines is 1. The van der Waals surface area contributed by atoms with Gasteiger partial charge in [-0.2, -0.15) is 0 Å². The fourth-order valence-corrected chi connectivity index (χ4v) is 2.08. The molecule has 4 nitrogen and oxygen atoms in total. The molecule has 21 heavy (non-hydrogen) atoms. The maximum atomic E-state index is 11.7. The molecular formula is C17H27NO3. The number of carbonyl (C=O) groups excluding carboxylic acids is 1. The lowest BCUT2D eigenvalue weighted by molar-refractivity contribution is 0.0378. The van der Waals surface area contributed by atoms with Gasteiger partial charge < -0.3 is 15.2 Å². The second-order valence-corrected chi connectivity index (χ2v) is 5.75. The first-order chi connectivity index (χ1) is 9.96. The molecular weight excluding hydrogens is 266 g/mol. The van der Waals surface area contributed by atoms with Crippen molar-refractivity contribution in [1.29, 1.82) is 0 Å². The van der Waals surface area contributed by atoms with Crippen molar-refractivity contribution in [1.82, 2.24) is 0 Å². The van der Waals surface area contributed by atoms with Gasteiger partial charge in [-0.05, 0) is 51.0 Å². The Kier molecular flexibility index (Phi) is 6.69. The molecule has 118 valence electrons. The molecule has 0 bridgehead atoms. The van der Waals surface area contributed by atoms with Gasteiger partial charge in [0.15, 0.2) is 0 Å². The van der Waals surface area contributed by atoms with E-state index < -0.39 is 0 Å². The zero-order chi connectivity index (χ0) is 15.9. The minimum atomic E-state index is -0.302. The second kappa shape index (κ2) is 8.03. The smallest absolute Gasteiger partial charge is 0.338 e. The van der Waals surface area contributed by atoms with Crippen LogP contribution in [0.1, 0.15) is 50.9 Å². The third-order valence-corrected chi connectivity index (χ3v) is 3.97. The molecule has 0 saturated carbocycles. The van der Waals surface area contributed by atoms with Gasteiger partial charge in [0.2, 0.25) is 0 Å². The Morgan fingerprint density at radius 1 is 1.24 bits per heavy atom. The maximum Gasteiger partial charge on any atom is 0.338 e. The standard InChI is InChI=1S/C17H27NO3/c1-5-17(6-2,12-19)11-18-15-9-7-14(8-10-15)16(20)21-13(3)4/h7-10,13,18-19H,5-6,11-12H2,1-4H3. The van der Waals surface area contributed by atoms with Gasteiger partial charge in [-0.3, -0.25) is 0 Å². The van der Waals surface area contributed by atoms with E-state index in [9.17, 15) is 9.90 Å². The number of hydrogen-bond acceptors (Lipinski definition) is 4. The zero-order valence-corrected chi connectivity index (χ0v) is 13.5. The quantitative estimate of drug-likeness (QED) is 0.721. The molecule has 2 N–H and O–H groups in total. The summed E-state index contributed by atoms with van der Waals surface area (Å²) in [6, 6.07) is 7.24. The molecule has 0 amide bonds. The molecule has 0 atom stereocenters. The van der Waals surface area contributed by atoms with Crippen molar-refractivity contribution >= 4 is 11.7 Å². The summed E-state index contributed by atoms with van der Waals surface area (Å²) in [6.07, 6.45) is 1.73. The van der Waals surface area contributed by atoms with E-state index in [1.165, 1.54) is 0 Å². The van der Waals surface area contributed by atoms with Gasteiger partial charge in [-0.15, -0.1) is 0 Å². The minimum Gasteiger partial charge on any atom is -0.459 e. The number of aliphatic hydroxyl groups is 1. The van der Waals surface area contributed by atoms with Gasteiger partial charge in [0.25, 0.3) is 0 Å². The lowest BCUT2D eigenvalue weighted by Gasteiger charge is -2.30. The third kappa shape index (κ3) is 5.05. The summed E-state index contributed by atoms with van der Waals surface area (Å²) in [5.41, 5.74) is 1.40. The molecule has 0 aliphatic heterocycles. The fraction of sp³-hybridized carbons (Fsp3) is 0.588. The Morgan fingerprint density at radius 2 is 1.81 bits per heavy atom. The van der Waals surface area contributed by atoms with E-state index in [1.807, 2.05) is 26.0 Å². The molecule has 0 aliphatic carbocycles. The molecule has 0 aromatic heterocycles. The molecule has 0 heterocycles. The van der Waals surface area contributed by atoms with E-state index in [-0.39, 0.29) is 24.1 Å². The predicted octanol–water partition coefficient (Wildman–Crippen LogP) is 3.46. The predicted molar refractivity (Wildman–Crippen MR) is 85.6 cm³/mol. The van der Waals surface area contributed by atoms with Gasteiger partial charge in [0.1, 0.15) is 0 Å². The molecule has 0 fully saturated rings. The van der Waals surface area contributed by atoms with Gasteiger partial charge in [-0.25, -0.2) is 4.79 Å². The second-order valence-electron chi connectivity index (χ2n) is 5.75. The van der Waals surface area contributed by atoms with Crippen LogP contribution in [0.2, 0.25) is 0 Å². The number of carbonyl (C=O) groups is 1. The van der Waals surface area contributed by atoms with Crippen molar-refractivity contribution in [2.75, 3.05) is 18.5 Å². The average molecular weight is 293 g/mol. The minimum absolute atomic E-state index is 0.0881. The summed E-state index contributed by atoms with van der Waals surface area (Å²) < 4.78 is 5.15. The van der Waals surface area contributed by atoms with Crippen LogP contribution in [0.25, 0.3) is 0 Å². The topological polar surface area (TPSA) is 58.6 Å². The number of nitrogens with one attached hydrogen (secondary N) is 1. The number of ether oxygens (including phenoxy) is 1. The van der Waals surface area contributed by atoms with Crippen LogP contribution in [-0.4, -0.2) is 30.3 Å². The van der Waals surface area contributed by atoms with Crippen LogP contribution in [0, 0.1) is 5.41 Å². The lowest BCUT2D eigenvalue weighted by Crippen LogP contribution is -2.32. The molecule has 0 spiro atoms. The highest BCUT2D eigenvalue weighted by atomic mass is 16.5. The summed E-state index contributed by atoms with van der Waals surface area (Å²) >= 11 is 0. The van der Waals surface area contributed by atoms with Crippen molar-refractivity contribution in [2.24, 2.45) is 5.41 Å². The van der Waals surface area contributed by atoms with Crippen molar-refractivity contribution in [3.63, 3.8) is 0 Å². The molecule has 0 radical (unpaired) electrons. The van der Waals surface area contributed by atoms with Crippen molar-refractivity contribution in [2.45, 2.75) is 46.6 Å². The van der Waals surface area contributed by atoms with Crippen molar-refractivity contribution in [3.8, 4) is 0 Å². The van der Waals surface area contributed by atoms with Crippen LogP contribution in [0.5, 0.6) is 0 Å². The Bertz CT molecular complexity index is 428. The first kappa shape index (κ1) is 17.5. The summed E-state index contributed by atoms with van der Waals surface area (Å²) in [5.74, 6) is -0.302. The summed E-state index contributed by atoms with van der Waals surface area (Å²) in [5, 5.41) is 12.9. The first-order valence-corrected chi connectivity index (χ1v) is 7.62. The monoisotopic (exact) mass is 293 g/mol. The Morgan fingerprint density at radius 3 is 2.24 bits per heavy atom. The van der Waals surface area contributed by atoms with E-state index in [2.05, 4.69) is 19.2 Å². The van der Waals surface area contributed by atoms with E-state index in [0.717, 1.165) is 18.5 Å². The van der Waals surface area contributed by atoms with Crippen LogP contribution in [0.15, 0.2) is 24.3 Å². The fourth-order valence-electron chi connectivity index (χ4n) is 2.08. The van der Waals surface area contributed by atoms with E-state index in [0.29, 0.717) is 12.1 Å². The molecule has 1 rings (SSSR count). The van der Waals surface area contributed by atoms with Gasteiger partial charge in [0.05, 0.1) is 18.3 Å². The van der Waals surface area contributed by atoms with E-state index in [4.69, 9.17) is 4.74 Å². The summed E-state index contributed by atoms with van der Waals surface area (Å²) in [4.78, 5) is 11.7. The Hall–Kier alpha value is -1.55. The largest absolute Gasteiger partial charge is 0.459 e. The van der Waals surface area contributed by atoms with Crippen LogP contribution < -0.4 is 5.32 Å². The normalized spacial score (nSPS) is 11.5. The number of hydrogen-bond donors (Lipinski definition) is 2. The van der Waals surface area contributed by atoms with Crippen LogP contribution in [0.3, 0.4) is 0 Å². The molecule has 0 aliphatic rings. The zero-order valence-electron chi connectivity index (χ0n) is 13.5. The van der Waals surface area contributed by atoms with Crippen molar-refractivity contribution < 1.29 is 14.6 Å². The van der Waals surface area contributed by atoms with E-state index in [1.54, 1.807) is 12.1 Å². The van der Waals surface area contributed by atoms with Gasteiger partial charge >= 0.3 is 5.97 Å². The molecule has 1 aromatic carbocycles. The van der Waals surface area contributed by atoms with E-state index >= 15 is 0 Å². The Balaban J connectivity index is 2.64. The molecule has 0 unspecified atom stereocenters. The van der Waals surface area contributed by atoms with Gasteiger partial charge in [0, 0.05) is 17.6 Å². The SMILES string of the molecule is CCC(CC)(CO)CNc1ccc(C(=O)OC(C)C)cc1. The highest BCUT2D eigenvalue weighted by Crippen LogP contribution is 2.26. The lowest BCUT2D eigenvalue weighted by atomic mass is 9.83. The summed E-state index contributed by atoms with van der Waals surface area (Å²) in [6.45, 7) is 8.73. The maximum absolute atomic E-state index is 11.7. The third-order valence-electron chi connectivity index (χ3n) is 3.97. The molecule has 0 saturated heterocycles. The van der Waals surface area contributed by atoms with Crippen LogP contribution >= 0.6 is 0 Å². The number of aliphatic hydroxyl groups excluding tert-OH is 1. The van der Waals surface area contributed by atoms with Crippen molar-refractivity contribution in [3.05, 3.63) is 29.8 Å². The number of esters is 1. The number of benzene rings is 1.